The lowest BCUT2D eigenvalue weighted by Gasteiger charge is -2.23. The van der Waals surface area contributed by atoms with Crippen molar-refractivity contribution in [1.82, 2.24) is 10.2 Å². The van der Waals surface area contributed by atoms with Crippen molar-refractivity contribution in [2.24, 2.45) is 0 Å². The van der Waals surface area contributed by atoms with E-state index in [1.165, 1.54) is 6.08 Å². The summed E-state index contributed by atoms with van der Waals surface area (Å²) in [6.45, 7) is 2.26. The largest absolute Gasteiger partial charge is 0.341 e. The molecule has 32 heavy (non-hydrogen) atoms. The first-order valence-electron chi connectivity index (χ1n) is 11.3. The number of nitrogens with one attached hydrogen (secondary N) is 1. The lowest BCUT2D eigenvalue weighted by atomic mass is 10.0. The van der Waals surface area contributed by atoms with E-state index in [2.05, 4.69) is 5.32 Å². The normalized spacial score (nSPS) is 17.2. The van der Waals surface area contributed by atoms with Crippen LogP contribution in [0.3, 0.4) is 0 Å². The standard InChI is InChI=1S/C26H29N3O3/c30-24(15-12-20-10-13-22(14-11-20)29-18-6-9-25(29)31)27-23(19-21-7-2-1-3-8-21)26(32)28-16-4-5-17-28/h1-3,7-8,10-15,23H,4-6,9,16-19H2,(H,27,30)/b15-12+. The van der Waals surface area contributed by atoms with E-state index in [0.717, 1.165) is 55.7 Å². The van der Waals surface area contributed by atoms with E-state index in [-0.39, 0.29) is 17.7 Å². The fourth-order valence-electron chi connectivity index (χ4n) is 4.29. The van der Waals surface area contributed by atoms with Gasteiger partial charge in [0.15, 0.2) is 0 Å². The molecule has 0 bridgehead atoms. The van der Waals surface area contributed by atoms with Crippen LogP contribution in [0, 0.1) is 0 Å². The van der Waals surface area contributed by atoms with Crippen LogP contribution in [0.1, 0.15) is 36.8 Å². The second kappa shape index (κ2) is 10.3. The molecule has 0 aromatic heterocycles. The van der Waals surface area contributed by atoms with E-state index in [4.69, 9.17) is 0 Å². The number of amides is 3. The Kier molecular flexibility index (Phi) is 7.00. The van der Waals surface area contributed by atoms with Crippen LogP contribution in [0.2, 0.25) is 0 Å². The smallest absolute Gasteiger partial charge is 0.245 e. The SMILES string of the molecule is O=C(/C=C/c1ccc(N2CCCC2=O)cc1)NC(Cc1ccccc1)C(=O)N1CCCC1. The van der Waals surface area contributed by atoms with Gasteiger partial charge in [0.1, 0.15) is 6.04 Å². The molecular formula is C26H29N3O3. The summed E-state index contributed by atoms with van der Waals surface area (Å²) in [6, 6.07) is 16.7. The van der Waals surface area contributed by atoms with Gasteiger partial charge in [-0.3, -0.25) is 14.4 Å². The van der Waals surface area contributed by atoms with Crippen LogP contribution in [0.25, 0.3) is 6.08 Å². The molecule has 1 atom stereocenters. The zero-order chi connectivity index (χ0) is 22.3. The Hall–Kier alpha value is -3.41. The fourth-order valence-corrected chi connectivity index (χ4v) is 4.29. The number of hydrogen-bond acceptors (Lipinski definition) is 3. The van der Waals surface area contributed by atoms with E-state index < -0.39 is 6.04 Å². The molecule has 2 saturated heterocycles. The zero-order valence-electron chi connectivity index (χ0n) is 18.2. The van der Waals surface area contributed by atoms with Gasteiger partial charge in [-0.2, -0.15) is 0 Å². The maximum Gasteiger partial charge on any atom is 0.245 e. The number of likely N-dealkylation sites (tertiary alicyclic amines) is 1. The highest BCUT2D eigenvalue weighted by molar-refractivity contribution is 5.96. The molecule has 2 aliphatic heterocycles. The van der Waals surface area contributed by atoms with Crippen molar-refractivity contribution >= 4 is 29.5 Å². The Balaban J connectivity index is 1.40. The lowest BCUT2D eigenvalue weighted by Crippen LogP contribution is -2.48. The zero-order valence-corrected chi connectivity index (χ0v) is 18.2. The van der Waals surface area contributed by atoms with Crippen molar-refractivity contribution in [2.75, 3.05) is 24.5 Å². The number of benzene rings is 2. The number of carbonyl (C=O) groups is 3. The molecule has 1 unspecified atom stereocenters. The summed E-state index contributed by atoms with van der Waals surface area (Å²) < 4.78 is 0. The number of rotatable bonds is 7. The van der Waals surface area contributed by atoms with Crippen LogP contribution in [0.4, 0.5) is 5.69 Å². The summed E-state index contributed by atoms with van der Waals surface area (Å²) in [5.74, 6) is -0.162. The van der Waals surface area contributed by atoms with Gasteiger partial charge < -0.3 is 15.1 Å². The molecule has 2 aromatic carbocycles. The van der Waals surface area contributed by atoms with Crippen LogP contribution in [-0.2, 0) is 20.8 Å². The molecule has 0 radical (unpaired) electrons. The van der Waals surface area contributed by atoms with Crippen molar-refractivity contribution in [1.29, 1.82) is 0 Å². The van der Waals surface area contributed by atoms with E-state index in [9.17, 15) is 14.4 Å². The predicted molar refractivity (Wildman–Crippen MR) is 125 cm³/mol. The summed E-state index contributed by atoms with van der Waals surface area (Å²) in [7, 11) is 0. The molecule has 6 nitrogen and oxygen atoms in total. The Morgan fingerprint density at radius 1 is 0.938 bits per heavy atom. The minimum atomic E-state index is -0.587. The van der Waals surface area contributed by atoms with E-state index in [1.54, 1.807) is 11.0 Å². The van der Waals surface area contributed by atoms with Crippen molar-refractivity contribution < 1.29 is 14.4 Å². The molecule has 2 aliphatic rings. The van der Waals surface area contributed by atoms with E-state index in [0.29, 0.717) is 12.8 Å². The quantitative estimate of drug-likeness (QED) is 0.685. The van der Waals surface area contributed by atoms with Gasteiger partial charge in [-0.05, 0) is 48.6 Å². The molecule has 3 amide bonds. The highest BCUT2D eigenvalue weighted by Gasteiger charge is 2.27. The first-order chi connectivity index (χ1) is 15.6. The lowest BCUT2D eigenvalue weighted by molar-refractivity contribution is -0.134. The summed E-state index contributed by atoms with van der Waals surface area (Å²) >= 11 is 0. The average Bonchev–Trinajstić information content (AvgIpc) is 3.50. The Bertz CT molecular complexity index is 979. The minimum Gasteiger partial charge on any atom is -0.341 e. The molecule has 0 spiro atoms. The first kappa shape index (κ1) is 21.8. The maximum atomic E-state index is 13.0. The molecule has 4 rings (SSSR count). The third kappa shape index (κ3) is 5.44. The van der Waals surface area contributed by atoms with Crippen LogP contribution >= 0.6 is 0 Å². The molecule has 2 aromatic rings. The Morgan fingerprint density at radius 3 is 2.31 bits per heavy atom. The van der Waals surface area contributed by atoms with E-state index >= 15 is 0 Å². The first-order valence-corrected chi connectivity index (χ1v) is 11.3. The second-order valence-corrected chi connectivity index (χ2v) is 8.36. The van der Waals surface area contributed by atoms with Gasteiger partial charge in [-0.25, -0.2) is 0 Å². The van der Waals surface area contributed by atoms with Gasteiger partial charge in [0.25, 0.3) is 0 Å². The molecule has 166 valence electrons. The highest BCUT2D eigenvalue weighted by atomic mass is 16.2. The molecule has 6 heteroatoms. The van der Waals surface area contributed by atoms with Crippen LogP contribution in [0.15, 0.2) is 60.7 Å². The van der Waals surface area contributed by atoms with Crippen molar-refractivity contribution in [3.05, 3.63) is 71.8 Å². The highest BCUT2D eigenvalue weighted by Crippen LogP contribution is 2.22. The minimum absolute atomic E-state index is 0.0206. The van der Waals surface area contributed by atoms with E-state index in [1.807, 2.05) is 59.5 Å². The molecule has 1 N–H and O–H groups in total. The van der Waals surface area contributed by atoms with Crippen molar-refractivity contribution in [3.63, 3.8) is 0 Å². The van der Waals surface area contributed by atoms with Gasteiger partial charge in [0.2, 0.25) is 17.7 Å². The number of anilines is 1. The van der Waals surface area contributed by atoms with Gasteiger partial charge in [-0.15, -0.1) is 0 Å². The molecular weight excluding hydrogens is 402 g/mol. The number of nitrogens with zero attached hydrogens (tertiary/aromatic N) is 2. The van der Waals surface area contributed by atoms with Gasteiger partial charge in [0, 0.05) is 44.2 Å². The topological polar surface area (TPSA) is 69.7 Å². The Morgan fingerprint density at radius 2 is 1.66 bits per heavy atom. The van der Waals surface area contributed by atoms with Crippen molar-refractivity contribution in [3.8, 4) is 0 Å². The van der Waals surface area contributed by atoms with Crippen molar-refractivity contribution in [2.45, 2.75) is 38.1 Å². The average molecular weight is 432 g/mol. The number of hydrogen-bond donors (Lipinski definition) is 1. The summed E-state index contributed by atoms with van der Waals surface area (Å²) in [4.78, 5) is 41.2. The second-order valence-electron chi connectivity index (χ2n) is 8.36. The monoisotopic (exact) mass is 431 g/mol. The fraction of sp³-hybridized carbons (Fsp3) is 0.346. The predicted octanol–water partition coefficient (Wildman–Crippen LogP) is 3.18. The Labute approximate surface area is 188 Å². The third-order valence-electron chi connectivity index (χ3n) is 6.02. The summed E-state index contributed by atoms with van der Waals surface area (Å²) in [6.07, 6.45) is 7.17. The number of carbonyl (C=O) groups excluding carboxylic acids is 3. The summed E-state index contributed by atoms with van der Waals surface area (Å²) in [5.41, 5.74) is 2.76. The molecule has 2 heterocycles. The molecule has 0 saturated carbocycles. The van der Waals surface area contributed by atoms with Gasteiger partial charge in [-0.1, -0.05) is 42.5 Å². The van der Waals surface area contributed by atoms with Crippen LogP contribution in [-0.4, -0.2) is 48.3 Å². The summed E-state index contributed by atoms with van der Waals surface area (Å²) in [5, 5.41) is 2.90. The maximum absolute atomic E-state index is 13.0. The third-order valence-corrected chi connectivity index (χ3v) is 6.02. The van der Waals surface area contributed by atoms with Crippen LogP contribution < -0.4 is 10.2 Å². The molecule has 0 aliphatic carbocycles. The van der Waals surface area contributed by atoms with Gasteiger partial charge >= 0.3 is 0 Å². The van der Waals surface area contributed by atoms with Gasteiger partial charge in [0.05, 0.1) is 0 Å². The van der Waals surface area contributed by atoms with Crippen LogP contribution in [0.5, 0.6) is 0 Å². The molecule has 2 fully saturated rings.